The van der Waals surface area contributed by atoms with Crippen LogP contribution in [0.4, 0.5) is 0 Å². The number of rotatable bonds is 0. The Balaban J connectivity index is 2.27. The fraction of sp³-hybridized carbons (Fsp3) is 0.333. The first-order valence-electron chi connectivity index (χ1n) is 3.65. The van der Waals surface area contributed by atoms with Crippen LogP contribution >= 0.6 is 0 Å². The lowest BCUT2D eigenvalue weighted by atomic mass is 9.90. The smallest absolute Gasteiger partial charge is 0.0243 e. The Bertz CT molecular complexity index is 213. The number of allylic oxidation sites excluding steroid dienone is 3. The largest absolute Gasteiger partial charge is 0.388 e. The standard InChI is InChI=1S/C9H11N/c1-7-9-5-3-2-4-8(9)6-10-7/h2-5,8-10H,1,6H2. The van der Waals surface area contributed by atoms with E-state index >= 15 is 0 Å². The van der Waals surface area contributed by atoms with E-state index in [0.717, 1.165) is 6.54 Å². The van der Waals surface area contributed by atoms with Crippen molar-refractivity contribution in [3.63, 3.8) is 0 Å². The molecular weight excluding hydrogens is 122 g/mol. The van der Waals surface area contributed by atoms with E-state index in [4.69, 9.17) is 0 Å². The molecule has 2 unspecified atom stereocenters. The van der Waals surface area contributed by atoms with Gasteiger partial charge in [-0.1, -0.05) is 30.9 Å². The van der Waals surface area contributed by atoms with Crippen molar-refractivity contribution in [2.45, 2.75) is 0 Å². The Hall–Kier alpha value is -0.980. The number of fused-ring (bicyclic) bond motifs is 1. The molecule has 0 saturated carbocycles. The van der Waals surface area contributed by atoms with Crippen molar-refractivity contribution >= 4 is 0 Å². The lowest BCUT2D eigenvalue weighted by Crippen LogP contribution is -2.08. The molecule has 0 aromatic carbocycles. The maximum atomic E-state index is 3.94. The molecule has 1 heteroatoms. The zero-order chi connectivity index (χ0) is 6.97. The van der Waals surface area contributed by atoms with Crippen LogP contribution in [0.5, 0.6) is 0 Å². The Labute approximate surface area is 61.1 Å². The van der Waals surface area contributed by atoms with Crippen molar-refractivity contribution in [3.05, 3.63) is 36.6 Å². The first-order valence-corrected chi connectivity index (χ1v) is 3.65. The van der Waals surface area contributed by atoms with Gasteiger partial charge in [0.2, 0.25) is 0 Å². The number of hydrogen-bond acceptors (Lipinski definition) is 1. The molecule has 1 saturated heterocycles. The van der Waals surface area contributed by atoms with Gasteiger partial charge in [-0.05, 0) is 0 Å². The molecule has 0 amide bonds. The van der Waals surface area contributed by atoms with Crippen molar-refractivity contribution in [1.82, 2.24) is 5.32 Å². The molecule has 0 radical (unpaired) electrons. The molecule has 1 heterocycles. The summed E-state index contributed by atoms with van der Waals surface area (Å²) in [6.07, 6.45) is 8.67. The van der Waals surface area contributed by atoms with Gasteiger partial charge in [-0.15, -0.1) is 0 Å². The Morgan fingerprint density at radius 1 is 1.40 bits per heavy atom. The minimum atomic E-state index is 0.560. The third-order valence-electron chi connectivity index (χ3n) is 2.22. The molecule has 0 aromatic heterocycles. The van der Waals surface area contributed by atoms with Gasteiger partial charge in [-0.3, -0.25) is 0 Å². The summed E-state index contributed by atoms with van der Waals surface area (Å²) < 4.78 is 0. The second kappa shape index (κ2) is 2.01. The van der Waals surface area contributed by atoms with Gasteiger partial charge in [0.15, 0.2) is 0 Å². The second-order valence-electron chi connectivity index (χ2n) is 2.87. The molecule has 2 rings (SSSR count). The average molecular weight is 133 g/mol. The molecule has 10 heavy (non-hydrogen) atoms. The molecule has 0 bridgehead atoms. The van der Waals surface area contributed by atoms with Gasteiger partial charge in [0.05, 0.1) is 0 Å². The van der Waals surface area contributed by atoms with E-state index < -0.39 is 0 Å². The number of hydrogen-bond donors (Lipinski definition) is 1. The highest BCUT2D eigenvalue weighted by molar-refractivity contribution is 5.25. The third kappa shape index (κ3) is 0.703. The first-order chi connectivity index (χ1) is 4.88. The van der Waals surface area contributed by atoms with Crippen molar-refractivity contribution in [1.29, 1.82) is 0 Å². The summed E-state index contributed by atoms with van der Waals surface area (Å²) in [6, 6.07) is 0. The van der Waals surface area contributed by atoms with Crippen LogP contribution in [0, 0.1) is 11.8 Å². The molecule has 1 aliphatic carbocycles. The third-order valence-corrected chi connectivity index (χ3v) is 2.22. The van der Waals surface area contributed by atoms with E-state index in [2.05, 4.69) is 36.2 Å². The molecular formula is C9H11N. The second-order valence-corrected chi connectivity index (χ2v) is 2.87. The molecule has 1 fully saturated rings. The van der Waals surface area contributed by atoms with Crippen LogP contribution < -0.4 is 5.32 Å². The van der Waals surface area contributed by atoms with E-state index in [1.807, 2.05) is 0 Å². The van der Waals surface area contributed by atoms with Crippen LogP contribution in [0.3, 0.4) is 0 Å². The predicted molar refractivity (Wildman–Crippen MR) is 42.4 cm³/mol. The summed E-state index contributed by atoms with van der Waals surface area (Å²) in [7, 11) is 0. The highest BCUT2D eigenvalue weighted by atomic mass is 14.9. The van der Waals surface area contributed by atoms with Crippen molar-refractivity contribution in [3.8, 4) is 0 Å². The van der Waals surface area contributed by atoms with E-state index in [1.165, 1.54) is 5.70 Å². The highest BCUT2D eigenvalue weighted by Crippen LogP contribution is 2.28. The van der Waals surface area contributed by atoms with Crippen LogP contribution in [0.25, 0.3) is 0 Å². The van der Waals surface area contributed by atoms with E-state index in [9.17, 15) is 0 Å². The monoisotopic (exact) mass is 133 g/mol. The van der Waals surface area contributed by atoms with Gasteiger partial charge < -0.3 is 5.32 Å². The Morgan fingerprint density at radius 2 is 2.20 bits per heavy atom. The van der Waals surface area contributed by atoms with Crippen molar-refractivity contribution in [2.75, 3.05) is 6.54 Å². The summed E-state index contributed by atoms with van der Waals surface area (Å²) in [5.41, 5.74) is 1.17. The topological polar surface area (TPSA) is 12.0 Å². The summed E-state index contributed by atoms with van der Waals surface area (Å²) in [5.74, 6) is 1.22. The van der Waals surface area contributed by atoms with Crippen LogP contribution in [0.15, 0.2) is 36.6 Å². The molecule has 2 atom stereocenters. The van der Waals surface area contributed by atoms with Gasteiger partial charge in [-0.2, -0.15) is 0 Å². The normalized spacial score (nSPS) is 35.8. The van der Waals surface area contributed by atoms with E-state index in [0.29, 0.717) is 11.8 Å². The molecule has 1 N–H and O–H groups in total. The van der Waals surface area contributed by atoms with Gasteiger partial charge in [0.25, 0.3) is 0 Å². The number of nitrogens with one attached hydrogen (secondary N) is 1. The quantitative estimate of drug-likeness (QED) is 0.527. The fourth-order valence-electron chi connectivity index (χ4n) is 1.59. The highest BCUT2D eigenvalue weighted by Gasteiger charge is 2.26. The lowest BCUT2D eigenvalue weighted by Gasteiger charge is -2.12. The molecule has 0 aromatic rings. The fourth-order valence-corrected chi connectivity index (χ4v) is 1.59. The molecule has 52 valence electrons. The molecule has 0 spiro atoms. The van der Waals surface area contributed by atoms with Crippen molar-refractivity contribution in [2.24, 2.45) is 11.8 Å². The maximum Gasteiger partial charge on any atom is 0.0243 e. The summed E-state index contributed by atoms with van der Waals surface area (Å²) in [5, 5.41) is 3.26. The van der Waals surface area contributed by atoms with E-state index in [-0.39, 0.29) is 0 Å². The maximum absolute atomic E-state index is 3.94. The summed E-state index contributed by atoms with van der Waals surface area (Å²) >= 11 is 0. The summed E-state index contributed by atoms with van der Waals surface area (Å²) in [4.78, 5) is 0. The summed E-state index contributed by atoms with van der Waals surface area (Å²) in [6.45, 7) is 5.00. The van der Waals surface area contributed by atoms with Gasteiger partial charge in [-0.25, -0.2) is 0 Å². The van der Waals surface area contributed by atoms with Gasteiger partial charge in [0, 0.05) is 24.1 Å². The Kier molecular flexibility index (Phi) is 1.16. The minimum Gasteiger partial charge on any atom is -0.388 e. The van der Waals surface area contributed by atoms with Gasteiger partial charge in [0.1, 0.15) is 0 Å². The van der Waals surface area contributed by atoms with Gasteiger partial charge >= 0.3 is 0 Å². The molecule has 2 aliphatic rings. The predicted octanol–water partition coefficient (Wildman–Crippen LogP) is 1.46. The average Bonchev–Trinajstić information content (AvgIpc) is 2.34. The van der Waals surface area contributed by atoms with Crippen LogP contribution in [-0.2, 0) is 0 Å². The first kappa shape index (κ1) is 5.78. The van der Waals surface area contributed by atoms with Crippen molar-refractivity contribution < 1.29 is 0 Å². The zero-order valence-electron chi connectivity index (χ0n) is 5.88. The van der Waals surface area contributed by atoms with Crippen LogP contribution in [0.1, 0.15) is 0 Å². The molecule has 1 nitrogen and oxygen atoms in total. The minimum absolute atomic E-state index is 0.560. The Morgan fingerprint density at radius 3 is 3.00 bits per heavy atom. The van der Waals surface area contributed by atoms with E-state index in [1.54, 1.807) is 0 Å². The SMILES string of the molecule is C=C1NCC2C=CC=CC12. The van der Waals surface area contributed by atoms with Crippen LogP contribution in [-0.4, -0.2) is 6.54 Å². The van der Waals surface area contributed by atoms with Crippen LogP contribution in [0.2, 0.25) is 0 Å². The molecule has 1 aliphatic heterocycles. The lowest BCUT2D eigenvalue weighted by molar-refractivity contribution is 0.621. The zero-order valence-corrected chi connectivity index (χ0v) is 5.88.